The number of benzene rings is 2. The third kappa shape index (κ3) is 4.85. The lowest BCUT2D eigenvalue weighted by Gasteiger charge is -2.12. The molecule has 0 saturated carbocycles. The van der Waals surface area contributed by atoms with Crippen molar-refractivity contribution in [1.29, 1.82) is 0 Å². The van der Waals surface area contributed by atoms with Crippen LogP contribution in [0.3, 0.4) is 0 Å². The molecule has 2 aromatic carbocycles. The van der Waals surface area contributed by atoms with Crippen molar-refractivity contribution in [3.8, 4) is 0 Å². The molecule has 1 aromatic heterocycles. The zero-order chi connectivity index (χ0) is 19.3. The molecule has 0 aliphatic rings. The normalized spacial score (nSPS) is 11.1. The summed E-state index contributed by atoms with van der Waals surface area (Å²) in [4.78, 5) is 12.7. The van der Waals surface area contributed by atoms with Crippen LogP contribution >= 0.6 is 23.1 Å². The molecule has 2 N–H and O–H groups in total. The predicted octanol–water partition coefficient (Wildman–Crippen LogP) is 3.70. The Morgan fingerprint density at radius 2 is 1.78 bits per heavy atom. The van der Waals surface area contributed by atoms with E-state index in [0.29, 0.717) is 5.13 Å². The molecule has 3 aromatic rings. The fraction of sp³-hybridized carbons (Fsp3) is 0.118. The number of nitrogens with zero attached hydrogens (tertiary/aromatic N) is 2. The van der Waals surface area contributed by atoms with Gasteiger partial charge in [0.25, 0.3) is 15.9 Å². The Balaban J connectivity index is 1.82. The highest BCUT2D eigenvalue weighted by Gasteiger charge is 2.19. The number of sulfonamides is 1. The van der Waals surface area contributed by atoms with Gasteiger partial charge in [0.15, 0.2) is 4.34 Å². The molecule has 10 heteroatoms. The quantitative estimate of drug-likeness (QED) is 0.446. The molecule has 0 aliphatic carbocycles. The van der Waals surface area contributed by atoms with Gasteiger partial charge in [0.05, 0.1) is 16.1 Å². The van der Waals surface area contributed by atoms with E-state index in [1.165, 1.54) is 41.3 Å². The van der Waals surface area contributed by atoms with Crippen LogP contribution in [0.1, 0.15) is 17.3 Å². The van der Waals surface area contributed by atoms with Crippen molar-refractivity contribution < 1.29 is 13.2 Å². The minimum Gasteiger partial charge on any atom is -0.296 e. The lowest BCUT2D eigenvalue weighted by molar-refractivity contribution is 0.102. The first-order valence-electron chi connectivity index (χ1n) is 7.94. The number of carbonyl (C=O) groups is 1. The molecule has 0 radical (unpaired) electrons. The molecule has 7 nitrogen and oxygen atoms in total. The van der Waals surface area contributed by atoms with Gasteiger partial charge in [0.1, 0.15) is 0 Å². The number of aromatic nitrogens is 2. The summed E-state index contributed by atoms with van der Waals surface area (Å²) in [6.07, 6.45) is 0. The van der Waals surface area contributed by atoms with Gasteiger partial charge in [-0.2, -0.15) is 0 Å². The fourth-order valence-electron chi connectivity index (χ4n) is 2.18. The molecule has 0 aliphatic heterocycles. The fourth-order valence-corrected chi connectivity index (χ4v) is 4.92. The average molecular weight is 421 g/mol. The van der Waals surface area contributed by atoms with E-state index in [9.17, 15) is 13.2 Å². The van der Waals surface area contributed by atoms with Crippen molar-refractivity contribution in [2.24, 2.45) is 0 Å². The lowest BCUT2D eigenvalue weighted by Crippen LogP contribution is -2.18. The summed E-state index contributed by atoms with van der Waals surface area (Å²) in [5.74, 6) is 0.387. The van der Waals surface area contributed by atoms with Crippen LogP contribution in [0.2, 0.25) is 0 Å². The molecular weight excluding hydrogens is 404 g/mol. The van der Waals surface area contributed by atoms with Gasteiger partial charge in [0, 0.05) is 0 Å². The highest BCUT2D eigenvalue weighted by atomic mass is 32.2. The second-order valence-corrected chi connectivity index (χ2v) is 9.40. The Kier molecular flexibility index (Phi) is 6.09. The van der Waals surface area contributed by atoms with E-state index in [1.807, 2.05) is 6.92 Å². The third-order valence-electron chi connectivity index (χ3n) is 3.36. The first kappa shape index (κ1) is 19.3. The first-order valence-corrected chi connectivity index (χ1v) is 11.2. The number of nitrogens with one attached hydrogen (secondary N) is 2. The monoisotopic (exact) mass is 420 g/mol. The summed E-state index contributed by atoms with van der Waals surface area (Å²) < 4.78 is 28.3. The topological polar surface area (TPSA) is 101 Å². The molecule has 140 valence electrons. The Morgan fingerprint density at radius 1 is 1.07 bits per heavy atom. The van der Waals surface area contributed by atoms with Crippen LogP contribution in [0.25, 0.3) is 0 Å². The maximum absolute atomic E-state index is 12.6. The first-order chi connectivity index (χ1) is 13.0. The number of thioether (sulfide) groups is 1. The van der Waals surface area contributed by atoms with E-state index < -0.39 is 15.9 Å². The number of para-hydroxylation sites is 1. The highest BCUT2D eigenvalue weighted by molar-refractivity contribution is 8.01. The molecule has 0 bridgehead atoms. The molecule has 0 fully saturated rings. The molecule has 1 amide bonds. The van der Waals surface area contributed by atoms with Crippen molar-refractivity contribution in [2.75, 3.05) is 15.8 Å². The smallest absolute Gasteiger partial charge is 0.261 e. The van der Waals surface area contributed by atoms with Crippen LogP contribution in [0.4, 0.5) is 10.8 Å². The van der Waals surface area contributed by atoms with E-state index in [2.05, 4.69) is 20.2 Å². The zero-order valence-corrected chi connectivity index (χ0v) is 16.7. The minimum atomic E-state index is -3.80. The molecule has 1 heterocycles. The van der Waals surface area contributed by atoms with Gasteiger partial charge < -0.3 is 0 Å². The number of amides is 1. The second kappa shape index (κ2) is 8.51. The van der Waals surface area contributed by atoms with Crippen LogP contribution in [-0.2, 0) is 10.0 Å². The van der Waals surface area contributed by atoms with Crippen LogP contribution < -0.4 is 10.0 Å². The highest BCUT2D eigenvalue weighted by Crippen LogP contribution is 2.26. The van der Waals surface area contributed by atoms with Gasteiger partial charge in [0.2, 0.25) is 5.13 Å². The Labute approximate surface area is 165 Å². The van der Waals surface area contributed by atoms with Gasteiger partial charge in [-0.1, -0.05) is 60.4 Å². The Morgan fingerprint density at radius 3 is 2.52 bits per heavy atom. The lowest BCUT2D eigenvalue weighted by atomic mass is 10.2. The van der Waals surface area contributed by atoms with E-state index in [4.69, 9.17) is 0 Å². The largest absolute Gasteiger partial charge is 0.296 e. The standard InChI is InChI=1S/C17H16N4O3S3/c1-2-25-17-20-19-16(26-17)18-15(22)13-10-6-7-11-14(13)21-27(23,24)12-8-4-3-5-9-12/h3-11,21H,2H2,1H3,(H,18,19,22). The number of rotatable bonds is 7. The number of anilines is 2. The van der Waals surface area contributed by atoms with Crippen molar-refractivity contribution in [3.63, 3.8) is 0 Å². The average Bonchev–Trinajstić information content (AvgIpc) is 3.10. The number of hydrogen-bond acceptors (Lipinski definition) is 7. The SMILES string of the molecule is CCSc1nnc(NC(=O)c2ccccc2NS(=O)(=O)c2ccccc2)s1. The van der Waals surface area contributed by atoms with Crippen LogP contribution in [0.5, 0.6) is 0 Å². The summed E-state index contributed by atoms with van der Waals surface area (Å²) in [6, 6.07) is 14.4. The molecule has 0 atom stereocenters. The predicted molar refractivity (Wildman–Crippen MR) is 108 cm³/mol. The van der Waals surface area contributed by atoms with Gasteiger partial charge in [-0.05, 0) is 30.0 Å². The van der Waals surface area contributed by atoms with Gasteiger partial charge in [-0.15, -0.1) is 10.2 Å². The third-order valence-corrected chi connectivity index (χ3v) is 6.60. The second-order valence-electron chi connectivity index (χ2n) is 5.22. The molecule has 0 saturated heterocycles. The maximum atomic E-state index is 12.6. The zero-order valence-electron chi connectivity index (χ0n) is 14.2. The molecule has 0 spiro atoms. The van der Waals surface area contributed by atoms with E-state index in [-0.39, 0.29) is 16.1 Å². The van der Waals surface area contributed by atoms with Crippen LogP contribution in [0.15, 0.2) is 63.8 Å². The Bertz CT molecular complexity index is 1040. The van der Waals surface area contributed by atoms with Crippen molar-refractivity contribution in [3.05, 3.63) is 60.2 Å². The van der Waals surface area contributed by atoms with Gasteiger partial charge >= 0.3 is 0 Å². The van der Waals surface area contributed by atoms with Crippen molar-refractivity contribution in [2.45, 2.75) is 16.2 Å². The van der Waals surface area contributed by atoms with Crippen molar-refractivity contribution in [1.82, 2.24) is 10.2 Å². The summed E-state index contributed by atoms with van der Waals surface area (Å²) in [6.45, 7) is 2.00. The molecular formula is C17H16N4O3S3. The maximum Gasteiger partial charge on any atom is 0.261 e. The van der Waals surface area contributed by atoms with E-state index in [1.54, 1.807) is 36.4 Å². The van der Waals surface area contributed by atoms with E-state index in [0.717, 1.165) is 10.1 Å². The van der Waals surface area contributed by atoms with Gasteiger partial charge in [-0.25, -0.2) is 8.42 Å². The summed E-state index contributed by atoms with van der Waals surface area (Å²) in [7, 11) is -3.80. The van der Waals surface area contributed by atoms with Gasteiger partial charge in [-0.3, -0.25) is 14.8 Å². The Hall–Kier alpha value is -2.43. The molecule has 3 rings (SSSR count). The summed E-state index contributed by atoms with van der Waals surface area (Å²) in [5.41, 5.74) is 0.378. The number of hydrogen-bond donors (Lipinski definition) is 2. The molecule has 0 unspecified atom stereocenters. The summed E-state index contributed by atoms with van der Waals surface area (Å²) in [5, 5.41) is 10.9. The van der Waals surface area contributed by atoms with Crippen molar-refractivity contribution >= 4 is 49.8 Å². The van der Waals surface area contributed by atoms with E-state index >= 15 is 0 Å². The number of carbonyl (C=O) groups excluding carboxylic acids is 1. The summed E-state index contributed by atoms with van der Waals surface area (Å²) >= 11 is 2.80. The minimum absolute atomic E-state index is 0.116. The molecule has 27 heavy (non-hydrogen) atoms. The van der Waals surface area contributed by atoms with Crippen LogP contribution in [0, 0.1) is 0 Å². The van der Waals surface area contributed by atoms with Crippen LogP contribution in [-0.4, -0.2) is 30.3 Å².